The van der Waals surface area contributed by atoms with Crippen molar-refractivity contribution < 1.29 is 18.3 Å². The molecule has 0 aromatic carbocycles. The maximum absolute atomic E-state index is 12.7. The van der Waals surface area contributed by atoms with Crippen LogP contribution >= 0.6 is 11.8 Å². The van der Waals surface area contributed by atoms with Gasteiger partial charge in [-0.05, 0) is 12.2 Å². The Balaban J connectivity index is 3.25. The molecule has 0 bridgehead atoms. The predicted octanol–water partition coefficient (Wildman–Crippen LogP) is 3.07. The molecule has 0 aliphatic heterocycles. The number of ether oxygens (including phenoxy) is 1. The second-order valence-electron chi connectivity index (χ2n) is 2.98. The summed E-state index contributed by atoms with van der Waals surface area (Å²) in [5.74, 6) is -2.02. The third kappa shape index (κ3) is 8.29. The van der Waals surface area contributed by atoms with Crippen molar-refractivity contribution in [2.24, 2.45) is 0 Å². The highest BCUT2D eigenvalue weighted by Crippen LogP contribution is 2.24. The van der Waals surface area contributed by atoms with Gasteiger partial charge < -0.3 is 4.74 Å². The van der Waals surface area contributed by atoms with Crippen molar-refractivity contribution in [2.45, 2.75) is 39.0 Å². The number of esters is 1. The van der Waals surface area contributed by atoms with Gasteiger partial charge in [0.05, 0.1) is 0 Å². The van der Waals surface area contributed by atoms with E-state index < -0.39 is 5.92 Å². The maximum atomic E-state index is 12.7. The molecule has 2 nitrogen and oxygen atoms in total. The van der Waals surface area contributed by atoms with E-state index in [1.807, 2.05) is 0 Å². The van der Waals surface area contributed by atoms with E-state index >= 15 is 0 Å². The largest absolute Gasteiger partial charge is 0.455 e. The van der Waals surface area contributed by atoms with Crippen LogP contribution in [0.2, 0.25) is 0 Å². The number of thioether (sulfide) groups is 1. The quantitative estimate of drug-likeness (QED) is 0.379. The molecule has 0 unspecified atom stereocenters. The number of alkyl halides is 2. The predicted molar refractivity (Wildman–Crippen MR) is 53.6 cm³/mol. The fourth-order valence-electron chi connectivity index (χ4n) is 0.793. The van der Waals surface area contributed by atoms with Crippen LogP contribution in [0.5, 0.6) is 0 Å². The highest BCUT2D eigenvalue weighted by Gasteiger charge is 2.24. The van der Waals surface area contributed by atoms with Crippen molar-refractivity contribution in [3.8, 4) is 0 Å². The van der Waals surface area contributed by atoms with Gasteiger partial charge in [0.2, 0.25) is 5.92 Å². The molecule has 0 saturated heterocycles. The zero-order chi connectivity index (χ0) is 11.0. The summed E-state index contributed by atoms with van der Waals surface area (Å²) in [5.41, 5.74) is 0. The van der Waals surface area contributed by atoms with E-state index in [0.717, 1.165) is 0 Å². The molecule has 0 atom stereocenters. The van der Waals surface area contributed by atoms with Crippen molar-refractivity contribution in [3.05, 3.63) is 0 Å². The average Bonchev–Trinajstić information content (AvgIpc) is 2.10. The van der Waals surface area contributed by atoms with Gasteiger partial charge in [-0.1, -0.05) is 6.92 Å². The van der Waals surface area contributed by atoms with Crippen LogP contribution in [0, 0.1) is 0 Å². The second-order valence-corrected chi connectivity index (χ2v) is 4.03. The summed E-state index contributed by atoms with van der Waals surface area (Å²) in [5, 5.41) is 0. The maximum Gasteiger partial charge on any atom is 0.303 e. The second kappa shape index (κ2) is 7.04. The van der Waals surface area contributed by atoms with Gasteiger partial charge in [0.15, 0.2) is 0 Å². The van der Waals surface area contributed by atoms with Crippen molar-refractivity contribution >= 4 is 17.7 Å². The molecule has 0 aliphatic rings. The molecular formula is C9H16F2O2S. The number of hydrogen-bond donors (Lipinski definition) is 0. The molecule has 14 heavy (non-hydrogen) atoms. The van der Waals surface area contributed by atoms with Gasteiger partial charge in [0.1, 0.15) is 5.94 Å². The van der Waals surface area contributed by atoms with E-state index in [1.54, 1.807) is 0 Å². The van der Waals surface area contributed by atoms with E-state index in [0.29, 0.717) is 12.2 Å². The van der Waals surface area contributed by atoms with Crippen LogP contribution in [0.15, 0.2) is 0 Å². The van der Waals surface area contributed by atoms with Gasteiger partial charge >= 0.3 is 5.97 Å². The van der Waals surface area contributed by atoms with E-state index in [1.165, 1.54) is 25.6 Å². The molecule has 84 valence electrons. The minimum Gasteiger partial charge on any atom is -0.455 e. The van der Waals surface area contributed by atoms with Gasteiger partial charge in [0.25, 0.3) is 0 Å². The smallest absolute Gasteiger partial charge is 0.303 e. The summed E-state index contributed by atoms with van der Waals surface area (Å²) in [4.78, 5) is 10.3. The van der Waals surface area contributed by atoms with Gasteiger partial charge in [-0.15, -0.1) is 11.8 Å². The lowest BCUT2D eigenvalue weighted by molar-refractivity contribution is -0.138. The van der Waals surface area contributed by atoms with Crippen LogP contribution in [-0.2, 0) is 9.53 Å². The normalized spacial score (nSPS) is 11.4. The summed E-state index contributed by atoms with van der Waals surface area (Å²) in [6.07, 6.45) is 0.255. The van der Waals surface area contributed by atoms with E-state index in [-0.39, 0.29) is 24.7 Å². The van der Waals surface area contributed by atoms with Gasteiger partial charge in [0, 0.05) is 19.8 Å². The minimum atomic E-state index is -2.54. The number of rotatable bonds is 7. The van der Waals surface area contributed by atoms with Crippen LogP contribution in [-0.4, -0.2) is 23.6 Å². The molecule has 0 heterocycles. The van der Waals surface area contributed by atoms with Crippen LogP contribution in [0.3, 0.4) is 0 Å². The Bertz CT molecular complexity index is 174. The Morgan fingerprint density at radius 2 is 2.14 bits per heavy atom. The SMILES string of the molecule is CCC(F)(F)CCCSCOC(C)=O. The van der Waals surface area contributed by atoms with E-state index in [2.05, 4.69) is 4.74 Å². The van der Waals surface area contributed by atoms with Crippen LogP contribution in [0.4, 0.5) is 8.78 Å². The summed E-state index contributed by atoms with van der Waals surface area (Å²) in [6.45, 7) is 2.80. The molecule has 0 radical (unpaired) electrons. The van der Waals surface area contributed by atoms with E-state index in [9.17, 15) is 13.6 Å². The Morgan fingerprint density at radius 3 is 2.64 bits per heavy atom. The minimum absolute atomic E-state index is 0.0867. The Kier molecular flexibility index (Phi) is 6.87. The molecule has 0 N–H and O–H groups in total. The first kappa shape index (κ1) is 13.7. The van der Waals surface area contributed by atoms with E-state index in [4.69, 9.17) is 0 Å². The summed E-state index contributed by atoms with van der Waals surface area (Å²) in [6, 6.07) is 0. The van der Waals surface area contributed by atoms with Crippen LogP contribution < -0.4 is 0 Å². The average molecular weight is 226 g/mol. The molecule has 0 fully saturated rings. The third-order valence-corrected chi connectivity index (χ3v) is 2.56. The standard InChI is InChI=1S/C9H16F2O2S/c1-3-9(10,11)5-4-6-14-7-13-8(2)12/h3-7H2,1-2H3. The third-order valence-electron chi connectivity index (χ3n) is 1.69. The van der Waals surface area contributed by atoms with Crippen molar-refractivity contribution in [1.82, 2.24) is 0 Å². The Morgan fingerprint density at radius 1 is 1.50 bits per heavy atom. The highest BCUT2D eigenvalue weighted by molar-refractivity contribution is 7.99. The van der Waals surface area contributed by atoms with Gasteiger partial charge in [-0.2, -0.15) is 0 Å². The first-order chi connectivity index (χ1) is 6.48. The highest BCUT2D eigenvalue weighted by atomic mass is 32.2. The fraction of sp³-hybridized carbons (Fsp3) is 0.889. The fourth-order valence-corrected chi connectivity index (χ4v) is 1.51. The van der Waals surface area contributed by atoms with Crippen molar-refractivity contribution in [1.29, 1.82) is 0 Å². The van der Waals surface area contributed by atoms with Crippen LogP contribution in [0.25, 0.3) is 0 Å². The lowest BCUT2D eigenvalue weighted by Crippen LogP contribution is -2.14. The molecule has 0 amide bonds. The van der Waals surface area contributed by atoms with Gasteiger partial charge in [-0.25, -0.2) is 8.78 Å². The Labute approximate surface area is 87.4 Å². The molecule has 0 spiro atoms. The molecule has 0 aromatic rings. The summed E-state index contributed by atoms with van der Waals surface area (Å²) < 4.78 is 30.0. The zero-order valence-electron chi connectivity index (χ0n) is 8.52. The van der Waals surface area contributed by atoms with Crippen LogP contribution in [0.1, 0.15) is 33.1 Å². The summed E-state index contributed by atoms with van der Waals surface area (Å²) in [7, 11) is 0. The first-order valence-corrected chi connectivity index (χ1v) is 5.72. The lowest BCUT2D eigenvalue weighted by atomic mass is 10.1. The molecule has 0 aromatic heterocycles. The van der Waals surface area contributed by atoms with Gasteiger partial charge in [-0.3, -0.25) is 4.79 Å². The van der Waals surface area contributed by atoms with Crippen molar-refractivity contribution in [2.75, 3.05) is 11.7 Å². The monoisotopic (exact) mass is 226 g/mol. The number of carbonyl (C=O) groups excluding carboxylic acids is 1. The van der Waals surface area contributed by atoms with Crippen molar-refractivity contribution in [3.63, 3.8) is 0 Å². The topological polar surface area (TPSA) is 26.3 Å². The number of halogens is 2. The molecular weight excluding hydrogens is 210 g/mol. The lowest BCUT2D eigenvalue weighted by Gasteiger charge is -2.12. The Hall–Kier alpha value is -0.320. The first-order valence-electron chi connectivity index (χ1n) is 4.57. The zero-order valence-corrected chi connectivity index (χ0v) is 9.33. The molecule has 5 heteroatoms. The molecule has 0 rings (SSSR count). The molecule has 0 aliphatic carbocycles. The molecule has 0 saturated carbocycles. The summed E-state index contributed by atoms with van der Waals surface area (Å²) >= 11 is 1.36. The number of hydrogen-bond acceptors (Lipinski definition) is 3. The number of carbonyl (C=O) groups is 1.